The maximum Gasteiger partial charge on any atom is 0.164 e. The van der Waals surface area contributed by atoms with E-state index in [9.17, 15) is 15.8 Å². The molecular weight excluding hydrogens is 1610 g/mol. The van der Waals surface area contributed by atoms with E-state index in [0.29, 0.717) is 69.1 Å². The summed E-state index contributed by atoms with van der Waals surface area (Å²) in [5.41, 5.74) is 28.6. The van der Waals surface area contributed by atoms with Gasteiger partial charge in [-0.05, 0) is 175 Å². The Kier molecular flexibility index (Phi) is 20.9. The van der Waals surface area contributed by atoms with Gasteiger partial charge in [0.25, 0.3) is 0 Å². The van der Waals surface area contributed by atoms with Crippen molar-refractivity contribution < 1.29 is 0 Å². The topological polar surface area (TPSA) is 187 Å². The van der Waals surface area contributed by atoms with Gasteiger partial charge in [-0.15, -0.1) is 0 Å². The first-order valence-corrected chi connectivity index (χ1v) is 43.5. The molecule has 22 rings (SSSR count). The lowest BCUT2D eigenvalue weighted by Crippen LogP contribution is -2.00. The Bertz CT molecular complexity index is 8300. The van der Waals surface area contributed by atoms with Crippen molar-refractivity contribution in [2.24, 2.45) is 0 Å². The molecule has 0 aliphatic heterocycles. The van der Waals surface area contributed by atoms with Gasteiger partial charge in [-0.3, -0.25) is 0 Å². The van der Waals surface area contributed by atoms with Gasteiger partial charge in [-0.2, -0.15) is 15.8 Å². The highest BCUT2D eigenvalue weighted by Crippen LogP contribution is 2.43. The monoisotopic (exact) mass is 1680 g/mol. The molecule has 0 N–H and O–H groups in total. The molecule has 0 fully saturated rings. The van der Waals surface area contributed by atoms with Gasteiger partial charge in [0.05, 0.1) is 34.9 Å². The number of fused-ring (bicyclic) bond motifs is 3. The lowest BCUT2D eigenvalue weighted by molar-refractivity contribution is 1.07. The van der Waals surface area contributed by atoms with Crippen molar-refractivity contribution in [1.29, 1.82) is 15.8 Å². The molecule has 0 aliphatic carbocycles. The van der Waals surface area contributed by atoms with Crippen LogP contribution in [0.3, 0.4) is 0 Å². The first-order valence-electron chi connectivity index (χ1n) is 43.5. The van der Waals surface area contributed by atoms with E-state index in [1.165, 1.54) is 0 Å². The van der Waals surface area contributed by atoms with Crippen molar-refractivity contribution >= 4 is 32.3 Å². The van der Waals surface area contributed by atoms with Gasteiger partial charge in [-0.1, -0.05) is 394 Å². The molecular formula is C120H72N12. The molecule has 0 saturated heterocycles. The van der Waals surface area contributed by atoms with E-state index < -0.39 is 0 Å². The molecule has 132 heavy (non-hydrogen) atoms. The summed E-state index contributed by atoms with van der Waals surface area (Å²) in [6.07, 6.45) is 0. The van der Waals surface area contributed by atoms with Crippen LogP contribution in [-0.4, -0.2) is 44.9 Å². The number of nitrogens with zero attached hydrogens (tertiary/aromatic N) is 12. The van der Waals surface area contributed by atoms with Gasteiger partial charge < -0.3 is 0 Å². The number of hydrogen-bond acceptors (Lipinski definition) is 12. The van der Waals surface area contributed by atoms with Crippen LogP contribution < -0.4 is 0 Å². The summed E-state index contributed by atoms with van der Waals surface area (Å²) in [6, 6.07) is 156. The minimum atomic E-state index is 0.522. The zero-order valence-corrected chi connectivity index (χ0v) is 70.9. The highest BCUT2D eigenvalue weighted by atomic mass is 15.1. The number of aromatic nitrogens is 9. The number of rotatable bonds is 18. The third kappa shape index (κ3) is 15.9. The summed E-state index contributed by atoms with van der Waals surface area (Å²) < 4.78 is 0. The van der Waals surface area contributed by atoms with Gasteiger partial charge in [-0.25, -0.2) is 44.9 Å². The molecule has 3 heterocycles. The highest BCUT2D eigenvalue weighted by molar-refractivity contribution is 6.07. The SMILES string of the molecule is N#Cc1ccc(-c2ccc(-c3ccc(-c4nc(-c5ccc(-c6ccc(-c7nc(-c8ccccc8)nc(-c8ccc(-c9cccc%10cc(-c%11ccc(-c%12cccc(C#N)c%12)cc%11)ccc9%10)cc8)n7)cc6)cc5)nc(-c5ccc(-c6ccc(-c7nc(-c8ccccc8)nc(-c8ccc(-c9ccc(-c%10cccc(C#N)c%10)c%10ccccc9%10)cc8)n7)cc6)cc5)n4)cc3)c3ccccc23)cc1. The quantitative estimate of drug-likeness (QED) is 0.0792. The van der Waals surface area contributed by atoms with Gasteiger partial charge in [0.2, 0.25) is 0 Å². The van der Waals surface area contributed by atoms with Crippen molar-refractivity contribution in [3.63, 3.8) is 0 Å². The number of benzene rings is 19. The van der Waals surface area contributed by atoms with Gasteiger partial charge in [0.1, 0.15) is 0 Å². The second-order valence-corrected chi connectivity index (χ2v) is 32.5. The third-order valence-electron chi connectivity index (χ3n) is 24.5. The third-order valence-corrected chi connectivity index (χ3v) is 24.5. The van der Waals surface area contributed by atoms with E-state index >= 15 is 0 Å². The van der Waals surface area contributed by atoms with Crippen molar-refractivity contribution in [2.45, 2.75) is 0 Å². The molecule has 12 heteroatoms. The average Bonchev–Trinajstić information content (AvgIpc) is 0.795. The molecule has 612 valence electrons. The van der Waals surface area contributed by atoms with Gasteiger partial charge in [0.15, 0.2) is 52.4 Å². The van der Waals surface area contributed by atoms with E-state index in [-0.39, 0.29) is 0 Å². The normalized spacial score (nSPS) is 11.2. The smallest absolute Gasteiger partial charge is 0.164 e. The Balaban J connectivity index is 0.546. The molecule has 0 unspecified atom stereocenters. The zero-order chi connectivity index (χ0) is 88.4. The second-order valence-electron chi connectivity index (χ2n) is 32.5. The molecule has 22 aromatic rings. The fraction of sp³-hybridized carbons (Fsp3) is 0. The van der Waals surface area contributed by atoms with Crippen molar-refractivity contribution in [1.82, 2.24) is 44.9 Å². The minimum absolute atomic E-state index is 0.522. The maximum atomic E-state index is 9.71. The molecule has 0 radical (unpaired) electrons. The van der Waals surface area contributed by atoms with Crippen molar-refractivity contribution in [3.8, 4) is 221 Å². The summed E-state index contributed by atoms with van der Waals surface area (Å²) in [6.45, 7) is 0. The molecule has 12 nitrogen and oxygen atoms in total. The molecule has 0 amide bonds. The first kappa shape index (κ1) is 79.4. The highest BCUT2D eigenvalue weighted by Gasteiger charge is 2.22. The molecule has 19 aromatic carbocycles. The Morgan fingerprint density at radius 3 is 0.652 bits per heavy atom. The summed E-state index contributed by atoms with van der Waals surface area (Å²) in [5.74, 6) is 4.95. The zero-order valence-electron chi connectivity index (χ0n) is 70.9. The lowest BCUT2D eigenvalue weighted by Gasteiger charge is -2.13. The maximum absolute atomic E-state index is 9.71. The van der Waals surface area contributed by atoms with E-state index in [0.717, 1.165) is 183 Å². The minimum Gasteiger partial charge on any atom is -0.208 e. The van der Waals surface area contributed by atoms with Crippen LogP contribution in [0.25, 0.3) is 235 Å². The lowest BCUT2D eigenvalue weighted by atomic mass is 9.91. The van der Waals surface area contributed by atoms with Crippen LogP contribution in [0.5, 0.6) is 0 Å². The van der Waals surface area contributed by atoms with Crippen LogP contribution in [0.4, 0.5) is 0 Å². The predicted molar refractivity (Wildman–Crippen MR) is 531 cm³/mol. The van der Waals surface area contributed by atoms with Gasteiger partial charge >= 0.3 is 0 Å². The summed E-state index contributed by atoms with van der Waals surface area (Å²) in [7, 11) is 0. The van der Waals surface area contributed by atoms with Crippen LogP contribution in [0, 0.1) is 34.0 Å². The molecule has 3 aromatic heterocycles. The summed E-state index contributed by atoms with van der Waals surface area (Å²) in [4.78, 5) is 46.5. The van der Waals surface area contributed by atoms with E-state index in [1.807, 2.05) is 127 Å². The fourth-order valence-electron chi connectivity index (χ4n) is 17.5. The summed E-state index contributed by atoms with van der Waals surface area (Å²) >= 11 is 0. The first-order chi connectivity index (χ1) is 65.2. The van der Waals surface area contributed by atoms with Gasteiger partial charge in [0, 0.05) is 50.1 Å². The van der Waals surface area contributed by atoms with E-state index in [1.54, 1.807) is 0 Å². The van der Waals surface area contributed by atoms with Crippen molar-refractivity contribution in [2.75, 3.05) is 0 Å². The Labute approximate surface area is 762 Å². The van der Waals surface area contributed by atoms with Crippen LogP contribution in [0.2, 0.25) is 0 Å². The number of hydrogen-bond donors (Lipinski definition) is 0. The Hall–Kier alpha value is -18.5. The van der Waals surface area contributed by atoms with Crippen LogP contribution in [-0.2, 0) is 0 Å². The average molecular weight is 1680 g/mol. The molecule has 0 bridgehead atoms. The largest absolute Gasteiger partial charge is 0.208 e. The van der Waals surface area contributed by atoms with Crippen LogP contribution in [0.15, 0.2) is 437 Å². The Morgan fingerprint density at radius 1 is 0.129 bits per heavy atom. The van der Waals surface area contributed by atoms with E-state index in [2.05, 4.69) is 328 Å². The fourth-order valence-corrected chi connectivity index (χ4v) is 17.5. The second kappa shape index (κ2) is 34.8. The van der Waals surface area contributed by atoms with Crippen LogP contribution in [0.1, 0.15) is 16.7 Å². The van der Waals surface area contributed by atoms with E-state index in [4.69, 9.17) is 44.9 Å². The molecule has 0 aliphatic rings. The standard InChI is InChI=1S/C120H72N12/c121-73-76-28-30-85(31-29-76)103-66-67-104(109-24-8-7-23-108(103)109)87-46-62-97(63-47-87)120-131-116(130-117(132-120)94-56-42-82(43-57-94)80-38-52-92(53-39-80)115-125-113(90-18-5-2-6-19-90)127-119(129-115)96-60-48-88(49-61-96)105-68-69-107(111-26-10-9-25-110(105)111)100-21-12-15-78(71-100)75-123)93-54-40-81(41-55-93)79-36-50-91(51-37-79)114-124-112(89-16-3-1-4-17-89)126-118(128-114)95-58-44-86(45-59-95)102-27-13-22-101-72-99(64-65-106(101)102)84-34-32-83(33-35-84)98-20-11-14-77(70-98)74-122/h1-72H. The van der Waals surface area contributed by atoms with Crippen molar-refractivity contribution in [3.05, 3.63) is 453 Å². The molecule has 0 atom stereocenters. The molecule has 0 saturated carbocycles. The van der Waals surface area contributed by atoms with Crippen LogP contribution >= 0.6 is 0 Å². The molecule has 0 spiro atoms. The Morgan fingerprint density at radius 2 is 0.341 bits per heavy atom. The predicted octanol–water partition coefficient (Wildman–Crippen LogP) is 29.3. The number of nitriles is 3. The summed E-state index contributed by atoms with van der Waals surface area (Å²) in [5, 5.41) is 35.5.